The van der Waals surface area contributed by atoms with Gasteiger partial charge in [0.25, 0.3) is 0 Å². The molecule has 18 heavy (non-hydrogen) atoms. The van der Waals surface area contributed by atoms with Crippen molar-refractivity contribution in [3.8, 4) is 0 Å². The Morgan fingerprint density at radius 3 is 3.06 bits per heavy atom. The predicted molar refractivity (Wildman–Crippen MR) is 72.7 cm³/mol. The molecule has 2 heterocycles. The molecule has 2 aromatic heterocycles. The van der Waals surface area contributed by atoms with Crippen LogP contribution in [0.25, 0.3) is 10.2 Å². The Morgan fingerprint density at radius 1 is 1.39 bits per heavy atom. The Bertz CT molecular complexity index is 685. The molecular formula is C12H13N5S. The van der Waals surface area contributed by atoms with Gasteiger partial charge in [-0.25, -0.2) is 4.98 Å². The van der Waals surface area contributed by atoms with Crippen LogP contribution < -0.4 is 5.32 Å². The van der Waals surface area contributed by atoms with Gasteiger partial charge in [-0.2, -0.15) is 0 Å². The summed E-state index contributed by atoms with van der Waals surface area (Å²) in [7, 11) is 1.89. The van der Waals surface area contributed by atoms with Crippen molar-refractivity contribution in [3.63, 3.8) is 0 Å². The van der Waals surface area contributed by atoms with Crippen LogP contribution in [0.5, 0.6) is 0 Å². The van der Waals surface area contributed by atoms with Gasteiger partial charge in [-0.05, 0) is 25.1 Å². The van der Waals surface area contributed by atoms with Crippen molar-refractivity contribution >= 4 is 27.2 Å². The minimum absolute atomic E-state index is 0.715. The molecule has 0 unspecified atom stereocenters. The van der Waals surface area contributed by atoms with Gasteiger partial charge in [-0.3, -0.25) is 4.68 Å². The number of fused-ring (bicyclic) bond motifs is 1. The fourth-order valence-corrected chi connectivity index (χ4v) is 2.68. The highest BCUT2D eigenvalue weighted by Crippen LogP contribution is 2.24. The molecule has 0 radical (unpaired) electrons. The van der Waals surface area contributed by atoms with Crippen molar-refractivity contribution in [1.82, 2.24) is 20.0 Å². The Balaban J connectivity index is 1.80. The molecule has 92 valence electrons. The monoisotopic (exact) mass is 259 g/mol. The van der Waals surface area contributed by atoms with Gasteiger partial charge in [-0.1, -0.05) is 5.21 Å². The van der Waals surface area contributed by atoms with Gasteiger partial charge in [-0.15, -0.1) is 16.4 Å². The summed E-state index contributed by atoms with van der Waals surface area (Å²) >= 11 is 1.71. The summed E-state index contributed by atoms with van der Waals surface area (Å²) in [6.45, 7) is 2.74. The Hall–Kier alpha value is -1.95. The minimum atomic E-state index is 0.715. The molecule has 5 nitrogen and oxygen atoms in total. The van der Waals surface area contributed by atoms with E-state index in [0.29, 0.717) is 6.54 Å². The highest BCUT2D eigenvalue weighted by Gasteiger charge is 2.03. The first kappa shape index (κ1) is 11.2. The van der Waals surface area contributed by atoms with Crippen LogP contribution in [0.15, 0.2) is 24.4 Å². The third-order valence-corrected chi connectivity index (χ3v) is 3.71. The van der Waals surface area contributed by atoms with Crippen molar-refractivity contribution in [2.24, 2.45) is 7.05 Å². The van der Waals surface area contributed by atoms with E-state index < -0.39 is 0 Å². The first-order chi connectivity index (χ1) is 8.72. The van der Waals surface area contributed by atoms with Crippen molar-refractivity contribution in [3.05, 3.63) is 35.1 Å². The van der Waals surface area contributed by atoms with E-state index >= 15 is 0 Å². The first-order valence-corrected chi connectivity index (χ1v) is 6.48. The maximum Gasteiger partial charge on any atom is 0.0907 e. The largest absolute Gasteiger partial charge is 0.379 e. The summed E-state index contributed by atoms with van der Waals surface area (Å²) in [5.41, 5.74) is 3.20. The molecule has 1 N–H and O–H groups in total. The van der Waals surface area contributed by atoms with Gasteiger partial charge >= 0.3 is 0 Å². The second-order valence-electron chi connectivity index (χ2n) is 4.12. The first-order valence-electron chi connectivity index (χ1n) is 5.67. The third kappa shape index (κ3) is 2.06. The topological polar surface area (TPSA) is 55.6 Å². The second-order valence-corrected chi connectivity index (χ2v) is 5.35. The maximum absolute atomic E-state index is 4.45. The number of rotatable bonds is 3. The van der Waals surface area contributed by atoms with Crippen LogP contribution in [0, 0.1) is 6.92 Å². The zero-order valence-electron chi connectivity index (χ0n) is 10.2. The number of thiazole rings is 1. The van der Waals surface area contributed by atoms with Crippen LogP contribution in [0.4, 0.5) is 5.69 Å². The number of hydrogen-bond donors (Lipinski definition) is 1. The molecule has 0 aliphatic heterocycles. The quantitative estimate of drug-likeness (QED) is 0.784. The van der Waals surface area contributed by atoms with Gasteiger partial charge in [0, 0.05) is 12.7 Å². The lowest BCUT2D eigenvalue weighted by molar-refractivity contribution is 0.683. The highest BCUT2D eigenvalue weighted by molar-refractivity contribution is 7.18. The number of nitrogens with zero attached hydrogens (tertiary/aromatic N) is 4. The number of benzene rings is 1. The average Bonchev–Trinajstić information content (AvgIpc) is 2.90. The van der Waals surface area contributed by atoms with Crippen LogP contribution >= 0.6 is 11.3 Å². The standard InChI is InChI=1S/C12H13N5S/c1-8-15-11-4-3-9(5-12(11)18-8)13-6-10-7-14-16-17(10)2/h3-5,7,13H,6H2,1-2H3. The normalized spacial score (nSPS) is 11.0. The summed E-state index contributed by atoms with van der Waals surface area (Å²) in [6, 6.07) is 6.22. The van der Waals surface area contributed by atoms with Crippen molar-refractivity contribution < 1.29 is 0 Å². The van der Waals surface area contributed by atoms with E-state index in [9.17, 15) is 0 Å². The number of hydrogen-bond acceptors (Lipinski definition) is 5. The molecule has 0 aliphatic carbocycles. The molecule has 0 saturated heterocycles. The van der Waals surface area contributed by atoms with Crippen molar-refractivity contribution in [1.29, 1.82) is 0 Å². The van der Waals surface area contributed by atoms with Gasteiger partial charge in [0.1, 0.15) is 0 Å². The van der Waals surface area contributed by atoms with Crippen molar-refractivity contribution in [2.75, 3.05) is 5.32 Å². The van der Waals surface area contributed by atoms with E-state index in [1.54, 1.807) is 22.2 Å². The summed E-state index contributed by atoms with van der Waals surface area (Å²) in [5, 5.41) is 12.2. The number of anilines is 1. The summed E-state index contributed by atoms with van der Waals surface area (Å²) in [5.74, 6) is 0. The van der Waals surface area contributed by atoms with Crippen LogP contribution in [0.1, 0.15) is 10.7 Å². The molecule has 0 spiro atoms. The Morgan fingerprint density at radius 2 is 2.28 bits per heavy atom. The van der Waals surface area contributed by atoms with Crippen LogP contribution in [0.3, 0.4) is 0 Å². The molecule has 0 aliphatic rings. The van der Waals surface area contributed by atoms with Gasteiger partial charge < -0.3 is 5.32 Å². The third-order valence-electron chi connectivity index (χ3n) is 2.78. The highest BCUT2D eigenvalue weighted by atomic mass is 32.1. The zero-order chi connectivity index (χ0) is 12.5. The Kier molecular flexibility index (Phi) is 2.71. The summed E-state index contributed by atoms with van der Waals surface area (Å²) < 4.78 is 2.98. The van der Waals surface area contributed by atoms with Gasteiger partial charge in [0.2, 0.25) is 0 Å². The van der Waals surface area contributed by atoms with Crippen molar-refractivity contribution in [2.45, 2.75) is 13.5 Å². The molecule has 0 bridgehead atoms. The predicted octanol–water partition coefficient (Wildman–Crippen LogP) is 2.35. The SMILES string of the molecule is Cc1nc2ccc(NCc3cnnn3C)cc2s1. The molecular weight excluding hydrogens is 246 g/mol. The average molecular weight is 259 g/mol. The molecule has 1 aromatic carbocycles. The zero-order valence-corrected chi connectivity index (χ0v) is 11.0. The summed E-state index contributed by atoms with van der Waals surface area (Å²) in [6.07, 6.45) is 1.77. The van der Waals surface area contributed by atoms with E-state index in [1.807, 2.05) is 26.1 Å². The second kappa shape index (κ2) is 4.38. The lowest BCUT2D eigenvalue weighted by atomic mass is 10.3. The fourth-order valence-electron chi connectivity index (χ4n) is 1.81. The van der Waals surface area contributed by atoms with E-state index in [2.05, 4.69) is 26.7 Å². The van der Waals surface area contributed by atoms with E-state index in [4.69, 9.17) is 0 Å². The number of aryl methyl sites for hydroxylation is 2. The molecule has 6 heteroatoms. The maximum atomic E-state index is 4.45. The molecule has 0 atom stereocenters. The van der Waals surface area contributed by atoms with Gasteiger partial charge in [0.05, 0.1) is 33.7 Å². The number of nitrogens with one attached hydrogen (secondary N) is 1. The van der Waals surface area contributed by atoms with E-state index in [-0.39, 0.29) is 0 Å². The molecule has 0 fully saturated rings. The minimum Gasteiger partial charge on any atom is -0.379 e. The lowest BCUT2D eigenvalue weighted by Gasteiger charge is -2.05. The van der Waals surface area contributed by atoms with E-state index in [1.165, 1.54) is 4.70 Å². The molecule has 0 amide bonds. The molecule has 0 saturated carbocycles. The lowest BCUT2D eigenvalue weighted by Crippen LogP contribution is -2.05. The van der Waals surface area contributed by atoms with E-state index in [0.717, 1.165) is 21.9 Å². The molecule has 3 aromatic rings. The van der Waals surface area contributed by atoms with Crippen LogP contribution in [0.2, 0.25) is 0 Å². The number of aromatic nitrogens is 4. The summed E-state index contributed by atoms with van der Waals surface area (Å²) in [4.78, 5) is 4.45. The smallest absolute Gasteiger partial charge is 0.0907 e. The van der Waals surface area contributed by atoms with Crippen LogP contribution in [-0.2, 0) is 13.6 Å². The molecule has 3 rings (SSSR count). The fraction of sp³-hybridized carbons (Fsp3) is 0.250. The Labute approximate surface area is 108 Å². The van der Waals surface area contributed by atoms with Gasteiger partial charge in [0.15, 0.2) is 0 Å². The van der Waals surface area contributed by atoms with Crippen LogP contribution in [-0.4, -0.2) is 20.0 Å².